The number of rotatable bonds is 16. The first-order valence-corrected chi connectivity index (χ1v) is 7.69. The molecule has 0 aromatic carbocycles. The van der Waals surface area contributed by atoms with Gasteiger partial charge in [0.05, 0.1) is 26.4 Å². The van der Waals surface area contributed by atoms with Crippen molar-refractivity contribution in [1.29, 1.82) is 0 Å². The molecule has 0 heterocycles. The average Bonchev–Trinajstić information content (AvgIpc) is 2.62. The molecule has 0 aromatic heterocycles. The first kappa shape index (κ1) is 22.8. The fourth-order valence-corrected chi connectivity index (χ4v) is 1.41. The van der Waals surface area contributed by atoms with Crippen LogP contribution in [0.15, 0.2) is 50.6 Å². The Kier molecular flexibility index (Phi) is 14.0. The predicted octanol–water partition coefficient (Wildman–Crippen LogP) is 1.60. The van der Waals surface area contributed by atoms with Crippen molar-refractivity contribution in [2.45, 2.75) is 12.2 Å². The van der Waals surface area contributed by atoms with Gasteiger partial charge in [-0.2, -0.15) is 0 Å². The van der Waals surface area contributed by atoms with Crippen LogP contribution in [-0.4, -0.2) is 63.8 Å². The highest BCUT2D eigenvalue weighted by Crippen LogP contribution is 1.96. The number of hydrogen-bond acceptors (Lipinski definition) is 7. The minimum atomic E-state index is -0.524. The van der Waals surface area contributed by atoms with Gasteiger partial charge < -0.3 is 23.7 Å². The molecule has 0 amide bonds. The zero-order chi connectivity index (χ0) is 18.9. The lowest BCUT2D eigenvalue weighted by atomic mass is 10.3. The summed E-state index contributed by atoms with van der Waals surface area (Å²) in [5.74, 6) is -1.02. The molecule has 0 aliphatic carbocycles. The van der Waals surface area contributed by atoms with Crippen LogP contribution in [0.25, 0.3) is 0 Å². The van der Waals surface area contributed by atoms with Crippen LogP contribution in [0.2, 0.25) is 0 Å². The Bertz CT molecular complexity index is 389. The van der Waals surface area contributed by atoms with Crippen molar-refractivity contribution in [1.82, 2.24) is 0 Å². The summed E-state index contributed by atoms with van der Waals surface area (Å²) >= 11 is 0. The molecule has 7 heteroatoms. The van der Waals surface area contributed by atoms with Gasteiger partial charge in [0.1, 0.15) is 25.4 Å². The zero-order valence-corrected chi connectivity index (χ0v) is 14.4. The molecule has 0 fully saturated rings. The van der Waals surface area contributed by atoms with Crippen molar-refractivity contribution in [3.63, 3.8) is 0 Å². The van der Waals surface area contributed by atoms with E-state index in [4.69, 9.17) is 23.7 Å². The van der Waals surface area contributed by atoms with Gasteiger partial charge in [0.15, 0.2) is 0 Å². The van der Waals surface area contributed by atoms with Crippen LogP contribution in [0.4, 0.5) is 0 Å². The van der Waals surface area contributed by atoms with Crippen LogP contribution in [0, 0.1) is 0 Å². The SMILES string of the molecule is C=CC(C=C)OC(=O)COCCOCCOCC(=O)OC(C=C)C=C. The molecular formula is C18H26O7. The van der Waals surface area contributed by atoms with Crippen molar-refractivity contribution in [2.24, 2.45) is 0 Å². The number of carbonyl (C=O) groups excluding carboxylic acids is 2. The van der Waals surface area contributed by atoms with E-state index in [-0.39, 0.29) is 39.6 Å². The van der Waals surface area contributed by atoms with E-state index in [1.54, 1.807) is 0 Å². The number of hydrogen-bond donors (Lipinski definition) is 0. The summed E-state index contributed by atoms with van der Waals surface area (Å²) < 4.78 is 25.3. The molecule has 0 spiro atoms. The van der Waals surface area contributed by atoms with Gasteiger partial charge in [-0.25, -0.2) is 9.59 Å². The third-order valence-corrected chi connectivity index (χ3v) is 2.65. The summed E-state index contributed by atoms with van der Waals surface area (Å²) in [7, 11) is 0. The summed E-state index contributed by atoms with van der Waals surface area (Å²) in [6.07, 6.45) is 4.78. The third kappa shape index (κ3) is 12.8. The minimum Gasteiger partial charge on any atom is -0.452 e. The summed E-state index contributed by atoms with van der Waals surface area (Å²) in [4.78, 5) is 22.7. The zero-order valence-electron chi connectivity index (χ0n) is 14.4. The molecule has 0 radical (unpaired) electrons. The molecule has 0 aromatic rings. The fraction of sp³-hybridized carbons (Fsp3) is 0.444. The maximum atomic E-state index is 11.4. The summed E-state index contributed by atoms with van der Waals surface area (Å²) in [5.41, 5.74) is 0. The number of carbonyl (C=O) groups is 2. The first-order chi connectivity index (χ1) is 12.1. The third-order valence-electron chi connectivity index (χ3n) is 2.65. The van der Waals surface area contributed by atoms with Crippen molar-refractivity contribution >= 4 is 11.9 Å². The minimum absolute atomic E-state index is 0.183. The van der Waals surface area contributed by atoms with Gasteiger partial charge >= 0.3 is 11.9 Å². The van der Waals surface area contributed by atoms with E-state index in [0.29, 0.717) is 0 Å². The summed E-state index contributed by atoms with van der Waals surface area (Å²) in [6, 6.07) is 0. The second kappa shape index (κ2) is 15.3. The Balaban J connectivity index is 3.50. The second-order valence-corrected chi connectivity index (χ2v) is 4.57. The van der Waals surface area contributed by atoms with Gasteiger partial charge in [-0.05, 0) is 24.3 Å². The molecular weight excluding hydrogens is 328 g/mol. The van der Waals surface area contributed by atoms with Crippen LogP contribution in [0.3, 0.4) is 0 Å². The van der Waals surface area contributed by atoms with E-state index >= 15 is 0 Å². The maximum Gasteiger partial charge on any atom is 0.332 e. The summed E-state index contributed by atoms with van der Waals surface area (Å²) in [6.45, 7) is 14.7. The smallest absolute Gasteiger partial charge is 0.332 e. The molecule has 25 heavy (non-hydrogen) atoms. The van der Waals surface area contributed by atoms with Crippen molar-refractivity contribution < 1.29 is 33.3 Å². The monoisotopic (exact) mass is 354 g/mol. The lowest BCUT2D eigenvalue weighted by Gasteiger charge is -2.10. The molecule has 7 nitrogen and oxygen atoms in total. The van der Waals surface area contributed by atoms with E-state index in [2.05, 4.69) is 26.3 Å². The molecule has 0 atom stereocenters. The lowest BCUT2D eigenvalue weighted by Crippen LogP contribution is -2.21. The van der Waals surface area contributed by atoms with Gasteiger partial charge in [-0.3, -0.25) is 0 Å². The Morgan fingerprint density at radius 3 is 1.28 bits per heavy atom. The quantitative estimate of drug-likeness (QED) is 0.237. The van der Waals surface area contributed by atoms with E-state index in [1.165, 1.54) is 24.3 Å². The maximum absolute atomic E-state index is 11.4. The molecule has 0 unspecified atom stereocenters. The highest BCUT2D eigenvalue weighted by atomic mass is 16.6. The molecule has 140 valence electrons. The van der Waals surface area contributed by atoms with E-state index < -0.39 is 24.1 Å². The van der Waals surface area contributed by atoms with Crippen LogP contribution in [0.1, 0.15) is 0 Å². The highest BCUT2D eigenvalue weighted by Gasteiger charge is 2.08. The molecule has 0 bridgehead atoms. The van der Waals surface area contributed by atoms with Crippen LogP contribution in [-0.2, 0) is 33.3 Å². The molecule has 0 saturated heterocycles. The number of ether oxygens (including phenoxy) is 5. The van der Waals surface area contributed by atoms with Crippen molar-refractivity contribution in [3.05, 3.63) is 50.6 Å². The molecule has 0 saturated carbocycles. The fourth-order valence-electron chi connectivity index (χ4n) is 1.41. The average molecular weight is 354 g/mol. The normalized spacial score (nSPS) is 10.3. The van der Waals surface area contributed by atoms with Gasteiger partial charge in [-0.1, -0.05) is 26.3 Å². The van der Waals surface area contributed by atoms with Crippen LogP contribution < -0.4 is 0 Å². The topological polar surface area (TPSA) is 80.3 Å². The standard InChI is InChI=1S/C18H26O7/c1-5-15(6-2)24-17(19)13-22-11-9-21-10-12-23-14-18(20)25-16(7-3)8-4/h5-8,15-16H,1-4,9-14H2. The Hall–Kier alpha value is -2.22. The van der Waals surface area contributed by atoms with Gasteiger partial charge in [0.25, 0.3) is 0 Å². The number of esters is 2. The lowest BCUT2D eigenvalue weighted by molar-refractivity contribution is -0.151. The summed E-state index contributed by atoms with van der Waals surface area (Å²) in [5, 5.41) is 0. The molecule has 0 N–H and O–H groups in total. The van der Waals surface area contributed by atoms with Gasteiger partial charge in [0.2, 0.25) is 0 Å². The molecule has 0 aliphatic heterocycles. The van der Waals surface area contributed by atoms with Crippen molar-refractivity contribution in [3.8, 4) is 0 Å². The predicted molar refractivity (Wildman–Crippen MR) is 93.0 cm³/mol. The Morgan fingerprint density at radius 2 is 0.960 bits per heavy atom. The highest BCUT2D eigenvalue weighted by molar-refractivity contribution is 5.71. The van der Waals surface area contributed by atoms with E-state index in [0.717, 1.165) is 0 Å². The Labute approximate surface area is 148 Å². The molecule has 0 aliphatic rings. The van der Waals surface area contributed by atoms with Gasteiger partial charge in [0, 0.05) is 0 Å². The van der Waals surface area contributed by atoms with Crippen LogP contribution >= 0.6 is 0 Å². The molecule has 0 rings (SSSR count). The van der Waals surface area contributed by atoms with E-state index in [9.17, 15) is 9.59 Å². The largest absolute Gasteiger partial charge is 0.452 e. The van der Waals surface area contributed by atoms with Crippen molar-refractivity contribution in [2.75, 3.05) is 39.6 Å². The second-order valence-electron chi connectivity index (χ2n) is 4.57. The Morgan fingerprint density at radius 1 is 0.640 bits per heavy atom. The van der Waals surface area contributed by atoms with Crippen LogP contribution in [0.5, 0.6) is 0 Å². The first-order valence-electron chi connectivity index (χ1n) is 7.69. The van der Waals surface area contributed by atoms with E-state index in [1.807, 2.05) is 0 Å². The van der Waals surface area contributed by atoms with Gasteiger partial charge in [-0.15, -0.1) is 0 Å².